The summed E-state index contributed by atoms with van der Waals surface area (Å²) in [7, 11) is 0. The summed E-state index contributed by atoms with van der Waals surface area (Å²) in [6.07, 6.45) is 4.40. The molecule has 4 heteroatoms. The lowest BCUT2D eigenvalue weighted by atomic mass is 10.2. The van der Waals surface area contributed by atoms with E-state index in [1.165, 1.54) is 0 Å². The topological polar surface area (TPSA) is 63.6 Å². The molecular formula is C7H10N4. The largest absolute Gasteiger partial charge is 0.305 e. The van der Waals surface area contributed by atoms with Crippen molar-refractivity contribution in [2.75, 3.05) is 6.54 Å². The Morgan fingerprint density at radius 1 is 1.55 bits per heavy atom. The van der Waals surface area contributed by atoms with E-state index in [2.05, 4.69) is 15.3 Å². The Kier molecular flexibility index (Phi) is 3.05. The Labute approximate surface area is 65.1 Å². The highest BCUT2D eigenvalue weighted by atomic mass is 15.3. The van der Waals surface area contributed by atoms with E-state index in [0.29, 0.717) is 6.54 Å². The summed E-state index contributed by atoms with van der Waals surface area (Å²) in [4.78, 5) is 3.96. The molecule has 1 rings (SSSR count). The van der Waals surface area contributed by atoms with Gasteiger partial charge in [0.25, 0.3) is 0 Å². The molecule has 1 aromatic heterocycles. The third-order valence-electron chi connectivity index (χ3n) is 1.30. The van der Waals surface area contributed by atoms with Gasteiger partial charge in [0.1, 0.15) is 0 Å². The molecule has 0 spiro atoms. The summed E-state index contributed by atoms with van der Waals surface area (Å²) in [6, 6.07) is 3.90. The van der Waals surface area contributed by atoms with E-state index in [4.69, 9.17) is 5.84 Å². The van der Waals surface area contributed by atoms with Gasteiger partial charge in [-0.2, -0.15) is 5.11 Å². The lowest BCUT2D eigenvalue weighted by Gasteiger charge is -1.93. The smallest absolute Gasteiger partial charge is 0.0661 e. The maximum atomic E-state index is 4.84. The van der Waals surface area contributed by atoms with Gasteiger partial charge in [0.05, 0.1) is 6.54 Å². The fraction of sp³-hybridized carbons (Fsp3) is 0.286. The number of hydrogen-bond acceptors (Lipinski definition) is 3. The summed E-state index contributed by atoms with van der Waals surface area (Å²) < 4.78 is 0. The molecule has 2 N–H and O–H groups in total. The highest BCUT2D eigenvalue weighted by Gasteiger charge is 1.88. The van der Waals surface area contributed by atoms with Crippen LogP contribution >= 0.6 is 0 Å². The molecule has 0 aliphatic rings. The fourth-order valence-corrected chi connectivity index (χ4v) is 0.783. The van der Waals surface area contributed by atoms with Crippen LogP contribution in [0.25, 0.3) is 0 Å². The second-order valence-corrected chi connectivity index (χ2v) is 2.09. The van der Waals surface area contributed by atoms with Crippen molar-refractivity contribution in [3.63, 3.8) is 0 Å². The number of aromatic nitrogens is 1. The number of hydrogen-bond donors (Lipinski definition) is 1. The molecular weight excluding hydrogens is 140 g/mol. The number of nitrogens with two attached hydrogens (primary N) is 1. The fourth-order valence-electron chi connectivity index (χ4n) is 0.783. The van der Waals surface area contributed by atoms with E-state index in [0.717, 1.165) is 12.0 Å². The molecule has 58 valence electrons. The van der Waals surface area contributed by atoms with Crippen LogP contribution in [0.4, 0.5) is 0 Å². The number of rotatable bonds is 3. The van der Waals surface area contributed by atoms with Gasteiger partial charge >= 0.3 is 0 Å². The van der Waals surface area contributed by atoms with Gasteiger partial charge in [-0.05, 0) is 18.1 Å². The van der Waals surface area contributed by atoms with Gasteiger partial charge in [0.2, 0.25) is 0 Å². The van der Waals surface area contributed by atoms with Gasteiger partial charge in [-0.25, -0.2) is 0 Å². The summed E-state index contributed by atoms with van der Waals surface area (Å²) >= 11 is 0. The average molecular weight is 150 g/mol. The van der Waals surface area contributed by atoms with Gasteiger partial charge in [-0.3, -0.25) is 4.98 Å². The van der Waals surface area contributed by atoms with Crippen molar-refractivity contribution >= 4 is 0 Å². The minimum absolute atomic E-state index is 0.627. The quantitative estimate of drug-likeness (QED) is 0.396. The van der Waals surface area contributed by atoms with E-state index < -0.39 is 0 Å². The van der Waals surface area contributed by atoms with Gasteiger partial charge in [0.15, 0.2) is 0 Å². The summed E-state index contributed by atoms with van der Waals surface area (Å²) in [5, 5.41) is 6.80. The van der Waals surface area contributed by atoms with Crippen LogP contribution in [-0.4, -0.2) is 11.5 Å². The standard InChI is InChI=1S/C7H10N4/c8-11-10-5-3-7-2-1-4-9-6-7/h1-2,4,6H,3,5H2,(H2,8,10). The Hall–Kier alpha value is -1.45. The SMILES string of the molecule is NN=NCCc1cccnc1. The zero-order valence-electron chi connectivity index (χ0n) is 6.14. The van der Waals surface area contributed by atoms with Crippen LogP contribution in [0.1, 0.15) is 5.56 Å². The lowest BCUT2D eigenvalue weighted by molar-refractivity contribution is 0.856. The zero-order valence-corrected chi connectivity index (χ0v) is 6.14. The van der Waals surface area contributed by atoms with E-state index in [-0.39, 0.29) is 0 Å². The molecule has 1 heterocycles. The Morgan fingerprint density at radius 3 is 3.09 bits per heavy atom. The Morgan fingerprint density at radius 2 is 2.45 bits per heavy atom. The predicted molar refractivity (Wildman–Crippen MR) is 41.9 cm³/mol. The van der Waals surface area contributed by atoms with Gasteiger partial charge in [-0.15, -0.1) is 0 Å². The van der Waals surface area contributed by atoms with Crippen molar-refractivity contribution in [2.45, 2.75) is 6.42 Å². The third kappa shape index (κ3) is 2.75. The molecule has 0 fully saturated rings. The molecule has 0 aromatic carbocycles. The molecule has 0 unspecified atom stereocenters. The molecule has 0 bridgehead atoms. The molecule has 0 saturated carbocycles. The lowest BCUT2D eigenvalue weighted by Crippen LogP contribution is -1.90. The first-order valence-electron chi connectivity index (χ1n) is 3.39. The minimum Gasteiger partial charge on any atom is -0.305 e. The van der Waals surface area contributed by atoms with Crippen molar-refractivity contribution < 1.29 is 0 Å². The predicted octanol–water partition coefficient (Wildman–Crippen LogP) is 0.950. The Balaban J connectivity index is 2.39. The highest BCUT2D eigenvalue weighted by Crippen LogP contribution is 1.96. The van der Waals surface area contributed by atoms with Crippen molar-refractivity contribution in [3.05, 3.63) is 30.1 Å². The van der Waals surface area contributed by atoms with E-state index >= 15 is 0 Å². The van der Waals surface area contributed by atoms with Crippen LogP contribution < -0.4 is 5.84 Å². The second kappa shape index (κ2) is 4.38. The Bertz CT molecular complexity index is 219. The first kappa shape index (κ1) is 7.65. The minimum atomic E-state index is 0.627. The summed E-state index contributed by atoms with van der Waals surface area (Å²) in [5.74, 6) is 4.84. The molecule has 0 radical (unpaired) electrons. The van der Waals surface area contributed by atoms with Crippen molar-refractivity contribution in [1.82, 2.24) is 4.98 Å². The van der Waals surface area contributed by atoms with Crippen LogP contribution in [0.3, 0.4) is 0 Å². The normalized spacial score (nSPS) is 10.5. The van der Waals surface area contributed by atoms with Gasteiger partial charge in [0, 0.05) is 12.4 Å². The second-order valence-electron chi connectivity index (χ2n) is 2.09. The monoisotopic (exact) mass is 150 g/mol. The molecule has 0 amide bonds. The maximum Gasteiger partial charge on any atom is 0.0661 e. The third-order valence-corrected chi connectivity index (χ3v) is 1.30. The van der Waals surface area contributed by atoms with Crippen LogP contribution in [-0.2, 0) is 6.42 Å². The molecule has 0 saturated heterocycles. The maximum absolute atomic E-state index is 4.84. The van der Waals surface area contributed by atoms with E-state index in [1.807, 2.05) is 18.3 Å². The van der Waals surface area contributed by atoms with E-state index in [9.17, 15) is 0 Å². The van der Waals surface area contributed by atoms with Crippen molar-refractivity contribution in [1.29, 1.82) is 0 Å². The van der Waals surface area contributed by atoms with Crippen molar-refractivity contribution in [3.8, 4) is 0 Å². The highest BCUT2D eigenvalue weighted by molar-refractivity contribution is 5.08. The molecule has 11 heavy (non-hydrogen) atoms. The van der Waals surface area contributed by atoms with Crippen LogP contribution in [0, 0.1) is 0 Å². The average Bonchev–Trinajstić information content (AvgIpc) is 2.07. The molecule has 4 nitrogen and oxygen atoms in total. The van der Waals surface area contributed by atoms with Crippen LogP contribution in [0.5, 0.6) is 0 Å². The van der Waals surface area contributed by atoms with Crippen molar-refractivity contribution in [2.24, 2.45) is 16.2 Å². The van der Waals surface area contributed by atoms with Gasteiger partial charge in [-0.1, -0.05) is 11.3 Å². The number of pyridine rings is 1. The number of nitrogens with zero attached hydrogens (tertiary/aromatic N) is 3. The summed E-state index contributed by atoms with van der Waals surface area (Å²) in [5.41, 5.74) is 1.15. The zero-order chi connectivity index (χ0) is 7.94. The summed E-state index contributed by atoms with van der Waals surface area (Å²) in [6.45, 7) is 0.627. The first-order valence-corrected chi connectivity index (χ1v) is 3.39. The molecule has 0 aliphatic carbocycles. The molecule has 0 aliphatic heterocycles. The van der Waals surface area contributed by atoms with Crippen LogP contribution in [0.2, 0.25) is 0 Å². The first-order chi connectivity index (χ1) is 5.43. The molecule has 1 aromatic rings. The van der Waals surface area contributed by atoms with Crippen LogP contribution in [0.15, 0.2) is 34.9 Å². The van der Waals surface area contributed by atoms with E-state index in [1.54, 1.807) is 6.20 Å². The molecule has 0 atom stereocenters. The van der Waals surface area contributed by atoms with Gasteiger partial charge < -0.3 is 5.84 Å².